The Bertz CT molecular complexity index is 686. The van der Waals surface area contributed by atoms with E-state index in [9.17, 15) is 0 Å². The zero-order valence-electron chi connectivity index (χ0n) is 10.3. The average molecular weight is 255 g/mol. The van der Waals surface area contributed by atoms with Gasteiger partial charge in [0, 0.05) is 5.69 Å². The van der Waals surface area contributed by atoms with Crippen LogP contribution in [0.4, 0.5) is 10.8 Å². The van der Waals surface area contributed by atoms with E-state index in [2.05, 4.69) is 40.4 Å². The van der Waals surface area contributed by atoms with E-state index in [1.807, 2.05) is 25.3 Å². The van der Waals surface area contributed by atoms with Crippen LogP contribution >= 0.6 is 11.3 Å². The summed E-state index contributed by atoms with van der Waals surface area (Å²) in [5.74, 6) is 0. The molecule has 0 bridgehead atoms. The Hall–Kier alpha value is -1.94. The Labute approximate surface area is 110 Å². The first-order chi connectivity index (χ1) is 8.72. The van der Waals surface area contributed by atoms with Crippen LogP contribution in [0.1, 0.15) is 11.3 Å². The highest BCUT2D eigenvalue weighted by Gasteiger charge is 2.05. The average Bonchev–Trinajstić information content (AvgIpc) is 2.76. The van der Waals surface area contributed by atoms with Crippen LogP contribution in [0.25, 0.3) is 10.2 Å². The fraction of sp³-hybridized carbons (Fsp3) is 0.143. The van der Waals surface area contributed by atoms with Gasteiger partial charge in [0.2, 0.25) is 0 Å². The second-order valence-electron chi connectivity index (χ2n) is 4.25. The highest BCUT2D eigenvalue weighted by Crippen LogP contribution is 2.29. The van der Waals surface area contributed by atoms with Crippen molar-refractivity contribution in [3.63, 3.8) is 0 Å². The summed E-state index contributed by atoms with van der Waals surface area (Å²) in [5.41, 5.74) is 4.27. The predicted molar refractivity (Wildman–Crippen MR) is 76.6 cm³/mol. The van der Waals surface area contributed by atoms with Crippen molar-refractivity contribution >= 4 is 32.4 Å². The van der Waals surface area contributed by atoms with Gasteiger partial charge in [-0.3, -0.25) is 4.98 Å². The molecular weight excluding hydrogens is 242 g/mol. The fourth-order valence-electron chi connectivity index (χ4n) is 1.80. The summed E-state index contributed by atoms with van der Waals surface area (Å²) in [6.45, 7) is 4.06. The molecule has 0 saturated carbocycles. The molecule has 0 aliphatic carbocycles. The lowest BCUT2D eigenvalue weighted by Crippen LogP contribution is -1.90. The number of thiazole rings is 1. The molecule has 2 aromatic heterocycles. The monoisotopic (exact) mass is 255 g/mol. The van der Waals surface area contributed by atoms with Crippen molar-refractivity contribution in [1.82, 2.24) is 9.97 Å². The summed E-state index contributed by atoms with van der Waals surface area (Å²) in [4.78, 5) is 8.87. The van der Waals surface area contributed by atoms with Crippen LogP contribution in [-0.4, -0.2) is 9.97 Å². The Morgan fingerprint density at radius 3 is 2.72 bits per heavy atom. The summed E-state index contributed by atoms with van der Waals surface area (Å²) in [6.07, 6.45) is 1.83. The maximum atomic E-state index is 4.61. The normalized spacial score (nSPS) is 10.8. The summed E-state index contributed by atoms with van der Waals surface area (Å²) in [5, 5.41) is 4.20. The van der Waals surface area contributed by atoms with E-state index in [4.69, 9.17) is 0 Å². The van der Waals surface area contributed by atoms with Gasteiger partial charge in [0.05, 0.1) is 22.1 Å². The minimum atomic E-state index is 0.907. The molecule has 0 amide bonds. The molecule has 0 fully saturated rings. The van der Waals surface area contributed by atoms with Crippen molar-refractivity contribution in [2.75, 3.05) is 5.32 Å². The maximum absolute atomic E-state index is 4.61. The van der Waals surface area contributed by atoms with Crippen molar-refractivity contribution in [1.29, 1.82) is 0 Å². The molecule has 0 saturated heterocycles. The van der Waals surface area contributed by atoms with E-state index >= 15 is 0 Å². The van der Waals surface area contributed by atoms with Crippen molar-refractivity contribution in [3.05, 3.63) is 47.8 Å². The van der Waals surface area contributed by atoms with Gasteiger partial charge in [-0.15, -0.1) is 0 Å². The van der Waals surface area contributed by atoms with Crippen LogP contribution in [0.15, 0.2) is 36.5 Å². The largest absolute Gasteiger partial charge is 0.330 e. The van der Waals surface area contributed by atoms with Crippen molar-refractivity contribution < 1.29 is 0 Å². The zero-order chi connectivity index (χ0) is 12.5. The molecule has 0 aliphatic rings. The predicted octanol–water partition coefficient (Wildman–Crippen LogP) is 4.05. The number of anilines is 2. The van der Waals surface area contributed by atoms with E-state index in [-0.39, 0.29) is 0 Å². The quantitative estimate of drug-likeness (QED) is 0.750. The molecule has 3 aromatic rings. The van der Waals surface area contributed by atoms with Gasteiger partial charge in [-0.05, 0) is 37.6 Å². The molecule has 90 valence electrons. The van der Waals surface area contributed by atoms with Gasteiger partial charge in [-0.1, -0.05) is 23.5 Å². The summed E-state index contributed by atoms with van der Waals surface area (Å²) in [7, 11) is 0. The van der Waals surface area contributed by atoms with Gasteiger partial charge in [-0.25, -0.2) is 4.98 Å². The number of nitrogens with zero attached hydrogens (tertiary/aromatic N) is 2. The molecule has 0 radical (unpaired) electrons. The van der Waals surface area contributed by atoms with Crippen LogP contribution < -0.4 is 5.32 Å². The maximum Gasteiger partial charge on any atom is 0.188 e. The molecule has 0 unspecified atom stereocenters. The van der Waals surface area contributed by atoms with Crippen LogP contribution in [-0.2, 0) is 0 Å². The second kappa shape index (κ2) is 4.38. The number of fused-ring (bicyclic) bond motifs is 1. The summed E-state index contributed by atoms with van der Waals surface area (Å²) < 4.78 is 1.21. The minimum absolute atomic E-state index is 0.907. The van der Waals surface area contributed by atoms with Crippen LogP contribution in [0.2, 0.25) is 0 Å². The number of pyridine rings is 1. The van der Waals surface area contributed by atoms with Crippen LogP contribution in [0, 0.1) is 13.8 Å². The lowest BCUT2D eigenvalue weighted by atomic mass is 10.2. The topological polar surface area (TPSA) is 37.8 Å². The first-order valence-electron chi connectivity index (χ1n) is 5.78. The van der Waals surface area contributed by atoms with E-state index in [0.29, 0.717) is 0 Å². The van der Waals surface area contributed by atoms with Gasteiger partial charge < -0.3 is 5.32 Å². The lowest BCUT2D eigenvalue weighted by molar-refractivity contribution is 1.20. The number of hydrogen-bond acceptors (Lipinski definition) is 4. The molecule has 2 heterocycles. The molecule has 1 aromatic carbocycles. The highest BCUT2D eigenvalue weighted by atomic mass is 32.1. The van der Waals surface area contributed by atoms with Gasteiger partial charge in [0.25, 0.3) is 0 Å². The number of rotatable bonds is 2. The number of aromatic nitrogens is 2. The third-order valence-electron chi connectivity index (χ3n) is 2.78. The molecule has 3 nitrogen and oxygen atoms in total. The molecule has 0 aliphatic heterocycles. The Morgan fingerprint density at radius 2 is 2.00 bits per heavy atom. The Balaban J connectivity index is 1.95. The fourth-order valence-corrected chi connectivity index (χ4v) is 2.77. The molecule has 4 heteroatoms. The Morgan fingerprint density at radius 1 is 1.11 bits per heavy atom. The lowest BCUT2D eigenvalue weighted by Gasteiger charge is -2.01. The molecule has 18 heavy (non-hydrogen) atoms. The van der Waals surface area contributed by atoms with E-state index in [1.165, 1.54) is 10.3 Å². The third-order valence-corrected chi connectivity index (χ3v) is 3.72. The number of aryl methyl sites for hydroxylation is 2. The van der Waals surface area contributed by atoms with Crippen molar-refractivity contribution in [2.24, 2.45) is 0 Å². The molecule has 0 spiro atoms. The number of para-hydroxylation sites is 1. The second-order valence-corrected chi connectivity index (χ2v) is 5.28. The van der Waals surface area contributed by atoms with Gasteiger partial charge >= 0.3 is 0 Å². The van der Waals surface area contributed by atoms with Gasteiger partial charge in [0.1, 0.15) is 0 Å². The minimum Gasteiger partial charge on any atom is -0.330 e. The first-order valence-corrected chi connectivity index (χ1v) is 6.60. The number of benzene rings is 1. The van der Waals surface area contributed by atoms with Crippen LogP contribution in [0.3, 0.4) is 0 Å². The van der Waals surface area contributed by atoms with E-state index < -0.39 is 0 Å². The Kier molecular flexibility index (Phi) is 2.72. The van der Waals surface area contributed by atoms with Crippen molar-refractivity contribution in [2.45, 2.75) is 13.8 Å². The van der Waals surface area contributed by atoms with E-state index in [0.717, 1.165) is 22.0 Å². The van der Waals surface area contributed by atoms with Gasteiger partial charge in [-0.2, -0.15) is 0 Å². The SMILES string of the molecule is Cc1ccc(Nc2nc3c(C)cccc3s2)cn1. The van der Waals surface area contributed by atoms with Crippen LogP contribution in [0.5, 0.6) is 0 Å². The first kappa shape index (κ1) is 11.2. The smallest absolute Gasteiger partial charge is 0.188 e. The third kappa shape index (κ3) is 2.07. The standard InChI is InChI=1S/C14H13N3S/c1-9-4-3-5-12-13(9)17-14(18-12)16-11-7-6-10(2)15-8-11/h3-8H,1-2H3,(H,16,17). The summed E-state index contributed by atoms with van der Waals surface area (Å²) >= 11 is 1.66. The zero-order valence-corrected chi connectivity index (χ0v) is 11.1. The van der Waals surface area contributed by atoms with Crippen molar-refractivity contribution in [3.8, 4) is 0 Å². The molecule has 3 rings (SSSR count). The number of nitrogens with one attached hydrogen (secondary N) is 1. The summed E-state index contributed by atoms with van der Waals surface area (Å²) in [6, 6.07) is 10.2. The molecule has 0 atom stereocenters. The van der Waals surface area contributed by atoms with Gasteiger partial charge in [0.15, 0.2) is 5.13 Å². The molecular formula is C14H13N3S. The number of hydrogen-bond donors (Lipinski definition) is 1. The highest BCUT2D eigenvalue weighted by molar-refractivity contribution is 7.22. The molecule has 1 N–H and O–H groups in total. The van der Waals surface area contributed by atoms with E-state index in [1.54, 1.807) is 11.3 Å².